The number of aryl methyl sites for hydroxylation is 2. The Kier molecular flexibility index (Phi) is 2.32. The number of aromatic nitrogens is 2. The molecule has 1 rings (SSSR count). The third-order valence-corrected chi connectivity index (χ3v) is 1.47. The molecule has 0 spiro atoms. The van der Waals surface area contributed by atoms with Crippen molar-refractivity contribution < 1.29 is 9.59 Å². The average molecular weight is 182 g/mol. The van der Waals surface area contributed by atoms with E-state index < -0.39 is 11.9 Å². The molecule has 0 aliphatic rings. The van der Waals surface area contributed by atoms with E-state index in [2.05, 4.69) is 5.10 Å². The van der Waals surface area contributed by atoms with E-state index in [-0.39, 0.29) is 0 Å². The summed E-state index contributed by atoms with van der Waals surface area (Å²) in [5.41, 5.74) is 5.79. The number of rotatable bonds is 1. The number of urea groups is 1. The molecule has 0 aliphatic carbocycles. The molecule has 1 aromatic heterocycles. The number of nitrogens with zero attached hydrogens (tertiary/aromatic N) is 2. The Morgan fingerprint density at radius 1 is 1.62 bits per heavy atom. The first-order chi connectivity index (χ1) is 6.00. The Labute approximate surface area is 74.7 Å². The topological polar surface area (TPSA) is 90.0 Å². The SMILES string of the molecule is Cc1cc(C(=O)NC(N)=O)n(C)n1. The Bertz CT molecular complexity index is 355. The standard InChI is InChI=1S/C7H10N4O2/c1-4-3-5(11(2)10-4)6(12)9-7(8)13/h3H,1-2H3,(H3,8,9,12,13). The zero-order valence-corrected chi connectivity index (χ0v) is 7.37. The van der Waals surface area contributed by atoms with Gasteiger partial charge in [-0.1, -0.05) is 0 Å². The molecule has 3 N–H and O–H groups in total. The lowest BCUT2D eigenvalue weighted by atomic mass is 10.3. The first-order valence-corrected chi connectivity index (χ1v) is 3.62. The summed E-state index contributed by atoms with van der Waals surface area (Å²) in [4.78, 5) is 21.6. The number of carbonyl (C=O) groups excluding carboxylic acids is 2. The number of hydrogen-bond acceptors (Lipinski definition) is 3. The maximum Gasteiger partial charge on any atom is 0.319 e. The van der Waals surface area contributed by atoms with Crippen molar-refractivity contribution in [2.24, 2.45) is 12.8 Å². The van der Waals surface area contributed by atoms with Gasteiger partial charge in [-0.3, -0.25) is 14.8 Å². The van der Waals surface area contributed by atoms with E-state index in [0.29, 0.717) is 11.4 Å². The summed E-state index contributed by atoms with van der Waals surface area (Å²) in [5.74, 6) is -0.546. The second-order valence-electron chi connectivity index (χ2n) is 2.61. The minimum Gasteiger partial charge on any atom is -0.351 e. The van der Waals surface area contributed by atoms with Crippen LogP contribution < -0.4 is 11.1 Å². The molecule has 0 atom stereocenters. The smallest absolute Gasteiger partial charge is 0.319 e. The van der Waals surface area contributed by atoms with E-state index in [1.54, 1.807) is 20.0 Å². The van der Waals surface area contributed by atoms with Crippen molar-refractivity contribution in [1.82, 2.24) is 15.1 Å². The van der Waals surface area contributed by atoms with Crippen molar-refractivity contribution in [1.29, 1.82) is 0 Å². The number of nitrogens with one attached hydrogen (secondary N) is 1. The van der Waals surface area contributed by atoms with Crippen molar-refractivity contribution in [2.75, 3.05) is 0 Å². The summed E-state index contributed by atoms with van der Waals surface area (Å²) in [6.45, 7) is 1.75. The fourth-order valence-electron chi connectivity index (χ4n) is 0.999. The lowest BCUT2D eigenvalue weighted by Crippen LogP contribution is -2.35. The third-order valence-electron chi connectivity index (χ3n) is 1.47. The van der Waals surface area contributed by atoms with Crippen LogP contribution in [0.2, 0.25) is 0 Å². The molecule has 1 heterocycles. The molecule has 3 amide bonds. The molecule has 0 aromatic carbocycles. The van der Waals surface area contributed by atoms with Crippen molar-refractivity contribution in [3.63, 3.8) is 0 Å². The van der Waals surface area contributed by atoms with Gasteiger partial charge in [0.25, 0.3) is 5.91 Å². The van der Waals surface area contributed by atoms with Crippen LogP contribution in [0.1, 0.15) is 16.2 Å². The maximum absolute atomic E-state index is 11.2. The van der Waals surface area contributed by atoms with E-state index in [1.807, 2.05) is 5.32 Å². The summed E-state index contributed by atoms with van der Waals surface area (Å²) >= 11 is 0. The van der Waals surface area contributed by atoms with Gasteiger partial charge in [-0.05, 0) is 13.0 Å². The summed E-state index contributed by atoms with van der Waals surface area (Å²) in [7, 11) is 1.61. The molecule has 6 heteroatoms. The Hall–Kier alpha value is -1.85. The van der Waals surface area contributed by atoms with E-state index >= 15 is 0 Å². The zero-order chi connectivity index (χ0) is 10.0. The lowest BCUT2D eigenvalue weighted by molar-refractivity contribution is 0.0957. The van der Waals surface area contributed by atoms with Crippen molar-refractivity contribution in [3.8, 4) is 0 Å². The fourth-order valence-corrected chi connectivity index (χ4v) is 0.999. The fraction of sp³-hybridized carbons (Fsp3) is 0.286. The van der Waals surface area contributed by atoms with Crippen LogP contribution in [-0.4, -0.2) is 21.7 Å². The highest BCUT2D eigenvalue weighted by Gasteiger charge is 2.12. The van der Waals surface area contributed by atoms with E-state index in [0.717, 1.165) is 0 Å². The van der Waals surface area contributed by atoms with Crippen LogP contribution in [0.4, 0.5) is 4.79 Å². The predicted molar refractivity (Wildman–Crippen MR) is 45.0 cm³/mol. The van der Waals surface area contributed by atoms with Gasteiger partial charge in [0.2, 0.25) is 0 Å². The first kappa shape index (κ1) is 9.24. The molecule has 0 saturated heterocycles. The molecular weight excluding hydrogens is 172 g/mol. The molecule has 6 nitrogen and oxygen atoms in total. The van der Waals surface area contributed by atoms with Crippen LogP contribution >= 0.6 is 0 Å². The third kappa shape index (κ3) is 2.05. The normalized spacial score (nSPS) is 9.69. The minimum absolute atomic E-state index is 0.302. The Morgan fingerprint density at radius 3 is 2.62 bits per heavy atom. The molecule has 0 saturated carbocycles. The number of carbonyl (C=O) groups is 2. The predicted octanol–water partition coefficient (Wildman–Crippen LogP) is -0.463. The maximum atomic E-state index is 11.2. The summed E-state index contributed by atoms with van der Waals surface area (Å²) in [6, 6.07) is 0.696. The number of primary amides is 1. The molecular formula is C7H10N4O2. The Morgan fingerprint density at radius 2 is 2.23 bits per heavy atom. The summed E-state index contributed by atoms with van der Waals surface area (Å²) < 4.78 is 1.38. The molecule has 0 bridgehead atoms. The van der Waals surface area contributed by atoms with Gasteiger partial charge in [0.05, 0.1) is 5.69 Å². The second kappa shape index (κ2) is 3.26. The van der Waals surface area contributed by atoms with Gasteiger partial charge in [-0.25, -0.2) is 4.79 Å². The minimum atomic E-state index is -0.871. The van der Waals surface area contributed by atoms with Gasteiger partial charge in [-0.15, -0.1) is 0 Å². The molecule has 0 unspecified atom stereocenters. The van der Waals surface area contributed by atoms with E-state index in [4.69, 9.17) is 5.73 Å². The molecule has 1 aromatic rings. The van der Waals surface area contributed by atoms with Crippen LogP contribution in [0.3, 0.4) is 0 Å². The zero-order valence-electron chi connectivity index (χ0n) is 7.37. The number of amides is 3. The van der Waals surface area contributed by atoms with Gasteiger partial charge in [0.15, 0.2) is 0 Å². The lowest BCUT2D eigenvalue weighted by Gasteiger charge is -1.99. The largest absolute Gasteiger partial charge is 0.351 e. The van der Waals surface area contributed by atoms with Crippen LogP contribution in [0.15, 0.2) is 6.07 Å². The molecule has 13 heavy (non-hydrogen) atoms. The molecule has 0 aliphatic heterocycles. The van der Waals surface area contributed by atoms with Crippen molar-refractivity contribution in [2.45, 2.75) is 6.92 Å². The van der Waals surface area contributed by atoms with Gasteiger partial charge in [-0.2, -0.15) is 5.10 Å². The van der Waals surface area contributed by atoms with Gasteiger partial charge in [0.1, 0.15) is 5.69 Å². The molecule has 70 valence electrons. The monoisotopic (exact) mass is 182 g/mol. The van der Waals surface area contributed by atoms with E-state index in [1.165, 1.54) is 4.68 Å². The first-order valence-electron chi connectivity index (χ1n) is 3.62. The average Bonchev–Trinajstić information content (AvgIpc) is 2.28. The van der Waals surface area contributed by atoms with Crippen LogP contribution in [0.5, 0.6) is 0 Å². The van der Waals surface area contributed by atoms with Gasteiger partial charge >= 0.3 is 6.03 Å². The molecule has 0 fully saturated rings. The summed E-state index contributed by atoms with van der Waals surface area (Å²) in [6.07, 6.45) is 0. The van der Waals surface area contributed by atoms with Crippen molar-refractivity contribution >= 4 is 11.9 Å². The van der Waals surface area contributed by atoms with Gasteiger partial charge < -0.3 is 5.73 Å². The number of nitrogens with two attached hydrogens (primary N) is 1. The van der Waals surface area contributed by atoms with Crippen LogP contribution in [0, 0.1) is 6.92 Å². The van der Waals surface area contributed by atoms with Crippen LogP contribution in [-0.2, 0) is 7.05 Å². The molecule has 0 radical (unpaired) electrons. The van der Waals surface area contributed by atoms with Crippen molar-refractivity contribution in [3.05, 3.63) is 17.5 Å². The number of imide groups is 1. The highest BCUT2D eigenvalue weighted by Crippen LogP contribution is 2.00. The van der Waals surface area contributed by atoms with Crippen LogP contribution in [0.25, 0.3) is 0 Å². The quantitative estimate of drug-likeness (QED) is 0.615. The number of hydrogen-bond donors (Lipinski definition) is 2. The van der Waals surface area contributed by atoms with Gasteiger partial charge in [0, 0.05) is 7.05 Å². The Balaban J connectivity index is 2.88. The summed E-state index contributed by atoms with van der Waals surface area (Å²) in [5, 5.41) is 5.90. The second-order valence-corrected chi connectivity index (χ2v) is 2.61. The van der Waals surface area contributed by atoms with E-state index in [9.17, 15) is 9.59 Å². The highest BCUT2D eigenvalue weighted by atomic mass is 16.2. The highest BCUT2D eigenvalue weighted by molar-refractivity contribution is 6.02.